The largest absolute Gasteiger partial charge is 0.382 e. The van der Waals surface area contributed by atoms with Crippen molar-refractivity contribution in [1.82, 2.24) is 19.5 Å². The maximum absolute atomic E-state index is 6.09. The van der Waals surface area contributed by atoms with Crippen molar-refractivity contribution in [3.8, 4) is 12.3 Å². The minimum absolute atomic E-state index is 0.362. The molecule has 0 unspecified atom stereocenters. The van der Waals surface area contributed by atoms with Crippen LogP contribution in [0.15, 0.2) is 24.5 Å². The maximum Gasteiger partial charge on any atom is 0.165 e. The van der Waals surface area contributed by atoms with Gasteiger partial charge in [0, 0.05) is 29.4 Å². The van der Waals surface area contributed by atoms with Gasteiger partial charge < -0.3 is 10.3 Å². The Morgan fingerprint density at radius 2 is 1.92 bits per heavy atom. The summed E-state index contributed by atoms with van der Waals surface area (Å²) in [4.78, 5) is 13.0. The van der Waals surface area contributed by atoms with E-state index in [1.165, 1.54) is 6.33 Å². The molecular formula is C17H15Cl2N5. The number of aromatic nitrogens is 4. The number of nitrogen functional groups attached to an aromatic ring is 1. The molecule has 0 saturated carbocycles. The number of unbranched alkanes of at least 4 members (excludes halogenated alkanes) is 1. The fourth-order valence-corrected chi connectivity index (χ4v) is 3.18. The van der Waals surface area contributed by atoms with Crippen LogP contribution in [-0.4, -0.2) is 19.5 Å². The lowest BCUT2D eigenvalue weighted by molar-refractivity contribution is 0.639. The van der Waals surface area contributed by atoms with Crippen LogP contribution in [0.2, 0.25) is 10.0 Å². The van der Waals surface area contributed by atoms with E-state index in [0.29, 0.717) is 46.4 Å². The van der Waals surface area contributed by atoms with Gasteiger partial charge in [-0.1, -0.05) is 23.2 Å². The molecule has 0 aliphatic heterocycles. The number of anilines is 1. The van der Waals surface area contributed by atoms with Crippen molar-refractivity contribution in [2.45, 2.75) is 25.8 Å². The summed E-state index contributed by atoms with van der Waals surface area (Å²) in [6, 6.07) is 5.44. The molecule has 3 aromatic rings. The number of halogens is 2. The fraction of sp³-hybridized carbons (Fsp3) is 0.235. The first-order valence-corrected chi connectivity index (χ1v) is 8.18. The van der Waals surface area contributed by atoms with E-state index in [4.69, 9.17) is 35.4 Å². The molecule has 2 heterocycles. The number of terminal acetylenes is 1. The Hall–Kier alpha value is -2.29. The first kappa shape index (κ1) is 16.6. The Kier molecular flexibility index (Phi) is 4.89. The molecule has 0 spiro atoms. The second-order valence-electron chi connectivity index (χ2n) is 5.37. The zero-order chi connectivity index (χ0) is 17.1. The molecule has 0 radical (unpaired) electrons. The van der Waals surface area contributed by atoms with Gasteiger partial charge in [-0.3, -0.25) is 0 Å². The zero-order valence-electron chi connectivity index (χ0n) is 12.8. The standard InChI is InChI=1S/C17H15Cl2N5/c1-2-3-4-5-24-14(8-11-6-12(18)9-13(19)7-11)23-15-16(20)21-10-22-17(15)24/h1,6-7,9-10H,3-5,8H2,(H2,20,21,22). The molecule has 0 fully saturated rings. The molecule has 0 bridgehead atoms. The first-order valence-electron chi connectivity index (χ1n) is 7.42. The summed E-state index contributed by atoms with van der Waals surface area (Å²) in [5, 5.41) is 1.18. The number of imidazole rings is 1. The summed E-state index contributed by atoms with van der Waals surface area (Å²) < 4.78 is 2.03. The summed E-state index contributed by atoms with van der Waals surface area (Å²) in [5.74, 6) is 3.84. The normalized spacial score (nSPS) is 10.9. The molecule has 0 amide bonds. The van der Waals surface area contributed by atoms with Gasteiger partial charge in [0.05, 0.1) is 0 Å². The van der Waals surface area contributed by atoms with Gasteiger partial charge in [-0.15, -0.1) is 12.3 Å². The van der Waals surface area contributed by atoms with E-state index in [2.05, 4.69) is 20.9 Å². The van der Waals surface area contributed by atoms with Gasteiger partial charge in [0.1, 0.15) is 12.2 Å². The van der Waals surface area contributed by atoms with Crippen molar-refractivity contribution < 1.29 is 0 Å². The summed E-state index contributed by atoms with van der Waals surface area (Å²) in [6.45, 7) is 0.709. The van der Waals surface area contributed by atoms with Crippen LogP contribution in [0.25, 0.3) is 11.2 Å². The summed E-state index contributed by atoms with van der Waals surface area (Å²) >= 11 is 12.2. The number of benzene rings is 1. The number of rotatable bonds is 5. The van der Waals surface area contributed by atoms with Crippen LogP contribution in [0.5, 0.6) is 0 Å². The smallest absolute Gasteiger partial charge is 0.165 e. The molecule has 0 saturated heterocycles. The van der Waals surface area contributed by atoms with Gasteiger partial charge >= 0.3 is 0 Å². The molecule has 24 heavy (non-hydrogen) atoms. The maximum atomic E-state index is 6.09. The van der Waals surface area contributed by atoms with E-state index in [0.717, 1.165) is 17.8 Å². The van der Waals surface area contributed by atoms with E-state index in [1.807, 2.05) is 16.7 Å². The Balaban J connectivity index is 2.03. The molecular weight excluding hydrogens is 345 g/mol. The molecule has 5 nitrogen and oxygen atoms in total. The second kappa shape index (κ2) is 7.08. The molecule has 2 N–H and O–H groups in total. The topological polar surface area (TPSA) is 69.6 Å². The van der Waals surface area contributed by atoms with Gasteiger partial charge in [0.2, 0.25) is 0 Å². The Morgan fingerprint density at radius 3 is 2.62 bits per heavy atom. The quantitative estimate of drug-likeness (QED) is 0.556. The number of nitrogens with two attached hydrogens (primary N) is 1. The minimum atomic E-state index is 0.362. The Labute approximate surface area is 149 Å². The summed E-state index contributed by atoms with van der Waals surface area (Å²) in [7, 11) is 0. The van der Waals surface area contributed by atoms with E-state index >= 15 is 0 Å². The third-order valence-electron chi connectivity index (χ3n) is 3.63. The average Bonchev–Trinajstić information content (AvgIpc) is 2.86. The lowest BCUT2D eigenvalue weighted by Gasteiger charge is -2.08. The number of hydrogen-bond acceptors (Lipinski definition) is 4. The predicted molar refractivity (Wildman–Crippen MR) is 97.1 cm³/mol. The first-order chi connectivity index (χ1) is 11.6. The minimum Gasteiger partial charge on any atom is -0.382 e. The Morgan fingerprint density at radius 1 is 1.17 bits per heavy atom. The Bertz CT molecular complexity index is 906. The van der Waals surface area contributed by atoms with Gasteiger partial charge in [-0.2, -0.15) is 0 Å². The van der Waals surface area contributed by atoms with Crippen molar-refractivity contribution in [2.75, 3.05) is 5.73 Å². The van der Waals surface area contributed by atoms with Crippen LogP contribution < -0.4 is 5.73 Å². The monoisotopic (exact) mass is 359 g/mol. The molecule has 2 aromatic heterocycles. The van der Waals surface area contributed by atoms with Crippen LogP contribution in [0.4, 0.5) is 5.82 Å². The molecule has 0 aliphatic carbocycles. The molecule has 122 valence electrons. The number of fused-ring (bicyclic) bond motifs is 1. The fourth-order valence-electron chi connectivity index (χ4n) is 2.60. The van der Waals surface area contributed by atoms with Crippen LogP contribution >= 0.6 is 23.2 Å². The van der Waals surface area contributed by atoms with Crippen molar-refractivity contribution >= 4 is 40.2 Å². The van der Waals surface area contributed by atoms with Crippen LogP contribution in [0.1, 0.15) is 24.2 Å². The molecule has 3 rings (SSSR count). The number of nitrogens with zero attached hydrogens (tertiary/aromatic N) is 4. The highest BCUT2D eigenvalue weighted by atomic mass is 35.5. The van der Waals surface area contributed by atoms with E-state index in [9.17, 15) is 0 Å². The lowest BCUT2D eigenvalue weighted by Crippen LogP contribution is -2.06. The zero-order valence-corrected chi connectivity index (χ0v) is 14.3. The number of aryl methyl sites for hydroxylation is 1. The molecule has 0 aliphatic rings. The molecule has 0 atom stereocenters. The highest BCUT2D eigenvalue weighted by Gasteiger charge is 2.15. The van der Waals surface area contributed by atoms with Gasteiger partial charge in [-0.25, -0.2) is 15.0 Å². The molecule has 1 aromatic carbocycles. The van der Waals surface area contributed by atoms with Crippen molar-refractivity contribution in [1.29, 1.82) is 0 Å². The van der Waals surface area contributed by atoms with Gasteiger partial charge in [0.25, 0.3) is 0 Å². The highest BCUT2D eigenvalue weighted by Crippen LogP contribution is 2.24. The summed E-state index contributed by atoms with van der Waals surface area (Å²) in [5.41, 5.74) is 8.21. The summed E-state index contributed by atoms with van der Waals surface area (Å²) in [6.07, 6.45) is 8.86. The second-order valence-corrected chi connectivity index (χ2v) is 6.25. The average molecular weight is 360 g/mol. The number of hydrogen-bond donors (Lipinski definition) is 1. The van der Waals surface area contributed by atoms with Crippen LogP contribution in [-0.2, 0) is 13.0 Å². The van der Waals surface area contributed by atoms with Crippen LogP contribution in [0, 0.1) is 12.3 Å². The van der Waals surface area contributed by atoms with E-state index in [-0.39, 0.29) is 0 Å². The third-order valence-corrected chi connectivity index (χ3v) is 4.06. The van der Waals surface area contributed by atoms with Crippen molar-refractivity contribution in [2.24, 2.45) is 0 Å². The van der Waals surface area contributed by atoms with Crippen LogP contribution in [0.3, 0.4) is 0 Å². The van der Waals surface area contributed by atoms with E-state index in [1.54, 1.807) is 6.07 Å². The van der Waals surface area contributed by atoms with Gasteiger partial charge in [-0.05, 0) is 30.2 Å². The van der Waals surface area contributed by atoms with Crippen molar-refractivity contribution in [3.63, 3.8) is 0 Å². The SMILES string of the molecule is C#CCCCn1c(Cc2cc(Cl)cc(Cl)c2)nc2c(N)ncnc21. The van der Waals surface area contributed by atoms with E-state index < -0.39 is 0 Å². The third kappa shape index (κ3) is 3.45. The lowest BCUT2D eigenvalue weighted by atomic mass is 10.1. The van der Waals surface area contributed by atoms with Crippen molar-refractivity contribution in [3.05, 3.63) is 46.0 Å². The van der Waals surface area contributed by atoms with Gasteiger partial charge in [0.15, 0.2) is 17.0 Å². The molecule has 7 heteroatoms. The predicted octanol–water partition coefficient (Wildman–Crippen LogP) is 3.72. The highest BCUT2D eigenvalue weighted by molar-refractivity contribution is 6.34.